The number of alkyl carbamates (subject to hydrolysis) is 1. The fourth-order valence-corrected chi connectivity index (χ4v) is 2.43. The fourth-order valence-electron chi connectivity index (χ4n) is 2.43. The van der Waals surface area contributed by atoms with Gasteiger partial charge in [-0.15, -0.1) is 0 Å². The third-order valence-electron chi connectivity index (χ3n) is 3.84. The van der Waals surface area contributed by atoms with Crippen LogP contribution in [0.15, 0.2) is 30.3 Å². The maximum atomic E-state index is 12.0. The third kappa shape index (κ3) is 9.95. The van der Waals surface area contributed by atoms with Gasteiger partial charge in [0.05, 0.1) is 0 Å². The van der Waals surface area contributed by atoms with Gasteiger partial charge in [0.15, 0.2) is 0 Å². The molecule has 1 aromatic rings. The van der Waals surface area contributed by atoms with Crippen LogP contribution in [-0.4, -0.2) is 23.8 Å². The predicted octanol–water partition coefficient (Wildman–Crippen LogP) is 4.27. The Morgan fingerprint density at radius 3 is 2.48 bits per heavy atom. The van der Waals surface area contributed by atoms with Crippen LogP contribution in [0, 0.1) is 5.92 Å². The highest BCUT2D eigenvalue weighted by molar-refractivity contribution is 5.67. The SMILES string of the molecule is CC(C)CCC(CCCCCO)NC(=O)OCc1ccccc1. The van der Waals surface area contributed by atoms with Crippen molar-refractivity contribution in [2.75, 3.05) is 6.61 Å². The molecule has 0 aromatic heterocycles. The summed E-state index contributed by atoms with van der Waals surface area (Å²) in [6, 6.07) is 9.85. The van der Waals surface area contributed by atoms with Crippen molar-refractivity contribution in [1.82, 2.24) is 5.32 Å². The second kappa shape index (κ2) is 11.9. The molecule has 0 aliphatic rings. The van der Waals surface area contributed by atoms with Crippen LogP contribution in [0.25, 0.3) is 0 Å². The van der Waals surface area contributed by atoms with E-state index in [1.54, 1.807) is 0 Å². The van der Waals surface area contributed by atoms with E-state index in [1.165, 1.54) is 0 Å². The molecule has 0 aliphatic heterocycles. The van der Waals surface area contributed by atoms with E-state index >= 15 is 0 Å². The highest BCUT2D eigenvalue weighted by atomic mass is 16.5. The van der Waals surface area contributed by atoms with Gasteiger partial charge in [-0.2, -0.15) is 0 Å². The zero-order valence-electron chi connectivity index (χ0n) is 14.5. The van der Waals surface area contributed by atoms with Crippen LogP contribution >= 0.6 is 0 Å². The van der Waals surface area contributed by atoms with Gasteiger partial charge in [-0.25, -0.2) is 4.79 Å². The third-order valence-corrected chi connectivity index (χ3v) is 3.84. The summed E-state index contributed by atoms with van der Waals surface area (Å²) in [6.07, 6.45) is 5.49. The molecule has 23 heavy (non-hydrogen) atoms. The maximum absolute atomic E-state index is 12.0. The van der Waals surface area contributed by atoms with E-state index in [0.29, 0.717) is 12.5 Å². The number of amides is 1. The first kappa shape index (κ1) is 19.5. The molecule has 1 atom stereocenters. The molecule has 0 heterocycles. The lowest BCUT2D eigenvalue weighted by atomic mass is 9.99. The normalized spacial score (nSPS) is 12.2. The van der Waals surface area contributed by atoms with Gasteiger partial charge in [-0.1, -0.05) is 57.0 Å². The van der Waals surface area contributed by atoms with Crippen molar-refractivity contribution in [3.05, 3.63) is 35.9 Å². The lowest BCUT2D eigenvalue weighted by molar-refractivity contribution is 0.134. The van der Waals surface area contributed by atoms with Crippen molar-refractivity contribution in [2.24, 2.45) is 5.92 Å². The molecule has 0 bridgehead atoms. The monoisotopic (exact) mass is 321 g/mol. The van der Waals surface area contributed by atoms with E-state index in [1.807, 2.05) is 30.3 Å². The number of hydrogen-bond acceptors (Lipinski definition) is 3. The van der Waals surface area contributed by atoms with Crippen molar-refractivity contribution in [2.45, 2.75) is 65.0 Å². The Balaban J connectivity index is 2.35. The van der Waals surface area contributed by atoms with Crippen molar-refractivity contribution in [3.63, 3.8) is 0 Å². The molecule has 0 aliphatic carbocycles. The van der Waals surface area contributed by atoms with Crippen LogP contribution in [0.5, 0.6) is 0 Å². The van der Waals surface area contributed by atoms with Gasteiger partial charge in [0.25, 0.3) is 0 Å². The second-order valence-corrected chi connectivity index (χ2v) is 6.45. The molecule has 0 spiro atoms. The van der Waals surface area contributed by atoms with Gasteiger partial charge in [0, 0.05) is 12.6 Å². The van der Waals surface area contributed by atoms with Gasteiger partial charge in [-0.05, 0) is 37.2 Å². The highest BCUT2D eigenvalue weighted by Crippen LogP contribution is 2.13. The van der Waals surface area contributed by atoms with Gasteiger partial charge in [-0.3, -0.25) is 0 Å². The van der Waals surface area contributed by atoms with Crippen LogP contribution in [0.4, 0.5) is 4.79 Å². The number of unbranched alkanes of at least 4 members (excludes halogenated alkanes) is 2. The number of rotatable bonds is 11. The molecule has 0 fully saturated rings. The largest absolute Gasteiger partial charge is 0.445 e. The number of aliphatic hydroxyl groups excluding tert-OH is 1. The molecule has 0 radical (unpaired) electrons. The molecule has 1 amide bonds. The Bertz CT molecular complexity index is 420. The van der Waals surface area contributed by atoms with E-state index in [9.17, 15) is 4.79 Å². The number of carbonyl (C=O) groups excluding carboxylic acids is 1. The van der Waals surface area contributed by atoms with E-state index in [0.717, 1.165) is 44.1 Å². The first-order valence-corrected chi connectivity index (χ1v) is 8.70. The lowest BCUT2D eigenvalue weighted by Crippen LogP contribution is -2.35. The van der Waals surface area contributed by atoms with E-state index in [-0.39, 0.29) is 18.7 Å². The van der Waals surface area contributed by atoms with Gasteiger partial charge < -0.3 is 15.2 Å². The molecule has 4 heteroatoms. The topological polar surface area (TPSA) is 58.6 Å². The minimum Gasteiger partial charge on any atom is -0.445 e. The zero-order valence-corrected chi connectivity index (χ0v) is 14.5. The minimum atomic E-state index is -0.343. The summed E-state index contributed by atoms with van der Waals surface area (Å²) < 4.78 is 5.30. The molecule has 0 saturated heterocycles. The Morgan fingerprint density at radius 2 is 1.83 bits per heavy atom. The van der Waals surface area contributed by atoms with Crippen molar-refractivity contribution >= 4 is 6.09 Å². The molecule has 130 valence electrons. The Hall–Kier alpha value is -1.55. The Kier molecular flexibility index (Phi) is 10.1. The molecular weight excluding hydrogens is 290 g/mol. The summed E-state index contributed by atoms with van der Waals surface area (Å²) in [5.41, 5.74) is 0.990. The van der Waals surface area contributed by atoms with E-state index in [4.69, 9.17) is 9.84 Å². The number of benzene rings is 1. The molecule has 2 N–H and O–H groups in total. The van der Waals surface area contributed by atoms with Crippen LogP contribution < -0.4 is 5.32 Å². The van der Waals surface area contributed by atoms with Crippen molar-refractivity contribution < 1.29 is 14.6 Å². The lowest BCUT2D eigenvalue weighted by Gasteiger charge is -2.19. The summed E-state index contributed by atoms with van der Waals surface area (Å²) in [4.78, 5) is 12.0. The molecule has 0 saturated carbocycles. The highest BCUT2D eigenvalue weighted by Gasteiger charge is 2.13. The second-order valence-electron chi connectivity index (χ2n) is 6.45. The Morgan fingerprint density at radius 1 is 1.09 bits per heavy atom. The number of ether oxygens (including phenoxy) is 1. The van der Waals surface area contributed by atoms with Gasteiger partial charge in [0.2, 0.25) is 0 Å². The van der Waals surface area contributed by atoms with Gasteiger partial charge in [0.1, 0.15) is 6.61 Å². The van der Waals surface area contributed by atoms with Crippen LogP contribution in [0.3, 0.4) is 0 Å². The molecule has 1 aromatic carbocycles. The molecule has 4 nitrogen and oxygen atoms in total. The number of carbonyl (C=O) groups is 1. The van der Waals surface area contributed by atoms with Gasteiger partial charge >= 0.3 is 6.09 Å². The average Bonchev–Trinajstić information content (AvgIpc) is 2.55. The smallest absolute Gasteiger partial charge is 0.407 e. The summed E-state index contributed by atoms with van der Waals surface area (Å²) >= 11 is 0. The average molecular weight is 321 g/mol. The molecule has 1 rings (SSSR count). The first-order valence-electron chi connectivity index (χ1n) is 8.70. The van der Waals surface area contributed by atoms with E-state index < -0.39 is 0 Å². The van der Waals surface area contributed by atoms with E-state index in [2.05, 4.69) is 19.2 Å². The standard InChI is InChI=1S/C19H31NO3/c1-16(2)12-13-18(11-7-4-8-14-21)20-19(22)23-15-17-9-5-3-6-10-17/h3,5-6,9-10,16,18,21H,4,7-8,11-15H2,1-2H3,(H,20,22). The van der Waals surface area contributed by atoms with Crippen molar-refractivity contribution in [3.8, 4) is 0 Å². The minimum absolute atomic E-state index is 0.152. The first-order chi connectivity index (χ1) is 11.1. The maximum Gasteiger partial charge on any atom is 0.407 e. The number of hydrogen-bond donors (Lipinski definition) is 2. The quantitative estimate of drug-likeness (QED) is 0.598. The predicted molar refractivity (Wildman–Crippen MR) is 93.2 cm³/mol. The Labute approximate surface area is 140 Å². The number of nitrogens with one attached hydrogen (secondary N) is 1. The summed E-state index contributed by atoms with van der Waals surface area (Å²) in [5, 5.41) is 11.8. The fraction of sp³-hybridized carbons (Fsp3) is 0.632. The molecule has 1 unspecified atom stereocenters. The zero-order chi connectivity index (χ0) is 16.9. The number of aliphatic hydroxyl groups is 1. The van der Waals surface area contributed by atoms with Crippen LogP contribution in [-0.2, 0) is 11.3 Å². The summed E-state index contributed by atoms with van der Waals surface area (Å²) in [7, 11) is 0. The van der Waals surface area contributed by atoms with Crippen LogP contribution in [0.1, 0.15) is 57.9 Å². The molecular formula is C19H31NO3. The summed E-state index contributed by atoms with van der Waals surface area (Å²) in [5.74, 6) is 0.622. The summed E-state index contributed by atoms with van der Waals surface area (Å²) in [6.45, 7) is 4.92. The van der Waals surface area contributed by atoms with Crippen LogP contribution in [0.2, 0.25) is 0 Å². The van der Waals surface area contributed by atoms with Crippen molar-refractivity contribution in [1.29, 1.82) is 0 Å².